The lowest BCUT2D eigenvalue weighted by Crippen LogP contribution is -2.62. The van der Waals surface area contributed by atoms with Gasteiger partial charge < -0.3 is 14.2 Å². The highest BCUT2D eigenvalue weighted by Gasteiger charge is 2.54. The van der Waals surface area contributed by atoms with Gasteiger partial charge in [-0.05, 0) is 31.2 Å². The predicted octanol–water partition coefficient (Wildman–Crippen LogP) is 4.26. The normalized spacial score (nSPS) is 33.1. The maximum absolute atomic E-state index is 6.16. The standard InChI is InChI=1S/C20H26O3/c1-3-4-6-13-19-22-20(23-19)14-9-12-18(16(20)2)21-15-17-10-7-5-8-11-17/h1,5,7-8,10-11,16,18-19H,4,6,9,12-15H2,2H3/t16-,18+,19?,20?/m0/s1. The van der Waals surface area contributed by atoms with Crippen molar-refractivity contribution < 1.29 is 14.2 Å². The highest BCUT2D eigenvalue weighted by Crippen LogP contribution is 2.47. The van der Waals surface area contributed by atoms with Crippen molar-refractivity contribution in [2.24, 2.45) is 5.92 Å². The molecular formula is C20H26O3. The molecule has 1 spiro atoms. The summed E-state index contributed by atoms with van der Waals surface area (Å²) in [5, 5.41) is 0. The van der Waals surface area contributed by atoms with Crippen molar-refractivity contribution in [3.05, 3.63) is 35.9 Å². The van der Waals surface area contributed by atoms with Crippen molar-refractivity contribution >= 4 is 0 Å². The van der Waals surface area contributed by atoms with Gasteiger partial charge in [-0.1, -0.05) is 37.3 Å². The molecule has 2 atom stereocenters. The summed E-state index contributed by atoms with van der Waals surface area (Å²) in [7, 11) is 0. The van der Waals surface area contributed by atoms with Gasteiger partial charge in [0.2, 0.25) is 0 Å². The zero-order valence-corrected chi connectivity index (χ0v) is 13.9. The van der Waals surface area contributed by atoms with Crippen LogP contribution in [0.5, 0.6) is 0 Å². The Balaban J connectivity index is 1.49. The van der Waals surface area contributed by atoms with Crippen molar-refractivity contribution in [2.45, 2.75) is 70.2 Å². The van der Waals surface area contributed by atoms with E-state index >= 15 is 0 Å². The van der Waals surface area contributed by atoms with E-state index in [0.717, 1.165) is 38.5 Å². The highest BCUT2D eigenvalue weighted by atomic mass is 16.9. The molecule has 0 N–H and O–H groups in total. The quantitative estimate of drug-likeness (QED) is 0.580. The Morgan fingerprint density at radius 3 is 2.83 bits per heavy atom. The molecule has 0 bridgehead atoms. The third-order valence-corrected chi connectivity index (χ3v) is 5.00. The van der Waals surface area contributed by atoms with E-state index in [1.807, 2.05) is 18.2 Å². The van der Waals surface area contributed by atoms with Crippen molar-refractivity contribution in [1.82, 2.24) is 0 Å². The molecule has 2 fully saturated rings. The van der Waals surface area contributed by atoms with Crippen LogP contribution in [0.1, 0.15) is 51.0 Å². The molecule has 3 rings (SSSR count). The number of benzene rings is 1. The first-order valence-corrected chi connectivity index (χ1v) is 8.68. The number of ether oxygens (including phenoxy) is 3. The summed E-state index contributed by atoms with van der Waals surface area (Å²) in [5.74, 6) is 2.48. The molecule has 23 heavy (non-hydrogen) atoms. The fourth-order valence-corrected chi connectivity index (χ4v) is 3.59. The number of hydrogen-bond donors (Lipinski definition) is 0. The monoisotopic (exact) mass is 314 g/mol. The molecule has 0 unspecified atom stereocenters. The third kappa shape index (κ3) is 3.77. The second-order valence-electron chi connectivity index (χ2n) is 6.59. The molecule has 124 valence electrons. The Hall–Kier alpha value is -1.34. The molecule has 0 aromatic heterocycles. The van der Waals surface area contributed by atoms with Crippen LogP contribution in [0.15, 0.2) is 30.3 Å². The molecule has 1 heterocycles. The van der Waals surface area contributed by atoms with Gasteiger partial charge in [-0.3, -0.25) is 0 Å². The molecule has 3 heteroatoms. The highest BCUT2D eigenvalue weighted by molar-refractivity contribution is 5.13. The van der Waals surface area contributed by atoms with Gasteiger partial charge in [0.25, 0.3) is 0 Å². The van der Waals surface area contributed by atoms with Gasteiger partial charge in [0.05, 0.1) is 12.7 Å². The molecule has 0 radical (unpaired) electrons. The van der Waals surface area contributed by atoms with Gasteiger partial charge in [0, 0.05) is 18.8 Å². The number of terminal acetylenes is 1. The summed E-state index contributed by atoms with van der Waals surface area (Å²) in [6, 6.07) is 10.3. The zero-order chi connectivity index (χ0) is 16.1. The lowest BCUT2D eigenvalue weighted by molar-refractivity contribution is -0.481. The second-order valence-corrected chi connectivity index (χ2v) is 6.59. The molecule has 1 aromatic rings. The fourth-order valence-electron chi connectivity index (χ4n) is 3.59. The van der Waals surface area contributed by atoms with E-state index in [4.69, 9.17) is 20.6 Å². The van der Waals surface area contributed by atoms with Crippen LogP contribution in [-0.4, -0.2) is 18.2 Å². The maximum atomic E-state index is 6.16. The van der Waals surface area contributed by atoms with Crippen molar-refractivity contribution in [3.63, 3.8) is 0 Å². The van der Waals surface area contributed by atoms with Crippen molar-refractivity contribution in [3.8, 4) is 12.3 Å². The Morgan fingerprint density at radius 1 is 1.30 bits per heavy atom. The molecule has 2 aliphatic rings. The third-order valence-electron chi connectivity index (χ3n) is 5.00. The van der Waals surface area contributed by atoms with Crippen LogP contribution < -0.4 is 0 Å². The zero-order valence-electron chi connectivity index (χ0n) is 13.9. The summed E-state index contributed by atoms with van der Waals surface area (Å²) in [6.07, 6.45) is 11.1. The van der Waals surface area contributed by atoms with Crippen LogP contribution in [0.2, 0.25) is 0 Å². The van der Waals surface area contributed by atoms with Gasteiger partial charge in [-0.25, -0.2) is 0 Å². The minimum absolute atomic E-state index is 0.0846. The summed E-state index contributed by atoms with van der Waals surface area (Å²) in [4.78, 5) is 0. The van der Waals surface area contributed by atoms with Crippen LogP contribution in [0, 0.1) is 18.3 Å². The Kier molecular flexibility index (Phi) is 5.38. The topological polar surface area (TPSA) is 27.7 Å². The average molecular weight is 314 g/mol. The lowest BCUT2D eigenvalue weighted by Gasteiger charge is -2.55. The first-order chi connectivity index (χ1) is 11.2. The number of rotatable bonds is 6. The Morgan fingerprint density at radius 2 is 2.09 bits per heavy atom. The summed E-state index contributed by atoms with van der Waals surface area (Å²) >= 11 is 0. The molecule has 0 amide bonds. The molecular weight excluding hydrogens is 288 g/mol. The van der Waals surface area contributed by atoms with Crippen LogP contribution >= 0.6 is 0 Å². The minimum atomic E-state index is -0.430. The minimum Gasteiger partial charge on any atom is -0.373 e. The molecule has 1 saturated carbocycles. The summed E-state index contributed by atoms with van der Waals surface area (Å²) in [6.45, 7) is 2.84. The van der Waals surface area contributed by atoms with Crippen LogP contribution in [-0.2, 0) is 20.8 Å². The van der Waals surface area contributed by atoms with E-state index in [-0.39, 0.29) is 18.3 Å². The van der Waals surface area contributed by atoms with Crippen LogP contribution in [0.3, 0.4) is 0 Å². The van der Waals surface area contributed by atoms with E-state index in [1.165, 1.54) is 5.56 Å². The molecule has 1 saturated heterocycles. The van der Waals surface area contributed by atoms with Crippen molar-refractivity contribution in [2.75, 3.05) is 0 Å². The van der Waals surface area contributed by atoms with E-state index < -0.39 is 5.79 Å². The van der Waals surface area contributed by atoms with Crippen LogP contribution in [0.25, 0.3) is 0 Å². The summed E-state index contributed by atoms with van der Waals surface area (Å²) in [5.41, 5.74) is 1.21. The Labute approximate surface area is 139 Å². The maximum Gasteiger partial charge on any atom is 0.179 e. The first-order valence-electron chi connectivity index (χ1n) is 8.68. The predicted molar refractivity (Wildman–Crippen MR) is 89.4 cm³/mol. The molecule has 1 aliphatic heterocycles. The molecule has 1 aliphatic carbocycles. The van der Waals surface area contributed by atoms with Gasteiger partial charge in [-0.15, -0.1) is 12.3 Å². The van der Waals surface area contributed by atoms with E-state index in [2.05, 4.69) is 25.0 Å². The fraction of sp³-hybridized carbons (Fsp3) is 0.600. The van der Waals surface area contributed by atoms with E-state index in [0.29, 0.717) is 6.61 Å². The van der Waals surface area contributed by atoms with E-state index in [9.17, 15) is 0 Å². The molecule has 3 nitrogen and oxygen atoms in total. The van der Waals surface area contributed by atoms with Gasteiger partial charge in [0.15, 0.2) is 12.1 Å². The second kappa shape index (κ2) is 7.49. The lowest BCUT2D eigenvalue weighted by atomic mass is 9.80. The van der Waals surface area contributed by atoms with Crippen LogP contribution in [0.4, 0.5) is 0 Å². The van der Waals surface area contributed by atoms with Gasteiger partial charge in [-0.2, -0.15) is 0 Å². The smallest absolute Gasteiger partial charge is 0.179 e. The number of hydrogen-bond acceptors (Lipinski definition) is 3. The van der Waals surface area contributed by atoms with Gasteiger partial charge >= 0.3 is 0 Å². The average Bonchev–Trinajstić information content (AvgIpc) is 2.55. The SMILES string of the molecule is C#CCCCC1OC2(CCC[C@@H](OCc3ccccc3)[C@@H]2C)O1. The summed E-state index contributed by atoms with van der Waals surface area (Å²) < 4.78 is 18.4. The Bertz CT molecular complexity index is 528. The largest absolute Gasteiger partial charge is 0.373 e. The molecule has 1 aromatic carbocycles. The van der Waals surface area contributed by atoms with Gasteiger partial charge in [0.1, 0.15) is 0 Å². The number of unbranched alkanes of at least 4 members (excludes halogenated alkanes) is 1. The van der Waals surface area contributed by atoms with Crippen molar-refractivity contribution in [1.29, 1.82) is 0 Å². The van der Waals surface area contributed by atoms with E-state index in [1.54, 1.807) is 0 Å². The first kappa shape index (κ1) is 16.5.